The van der Waals surface area contributed by atoms with E-state index in [2.05, 4.69) is 6.58 Å². The maximum Gasteiger partial charge on any atom is 0.324 e. The first-order valence-corrected chi connectivity index (χ1v) is 6.47. The summed E-state index contributed by atoms with van der Waals surface area (Å²) in [6.45, 7) is 4.01. The van der Waals surface area contributed by atoms with Gasteiger partial charge in [0.2, 0.25) is 0 Å². The average molecular weight is 256 g/mol. The summed E-state index contributed by atoms with van der Waals surface area (Å²) in [5.41, 5.74) is 1.71. The van der Waals surface area contributed by atoms with Gasteiger partial charge in [0, 0.05) is 5.92 Å². The fraction of sp³-hybridized carbons (Fsp3) is 0.375. The molecule has 0 spiro atoms. The first-order chi connectivity index (χ1) is 9.09. The predicted molar refractivity (Wildman–Crippen MR) is 70.7 cm³/mol. The topological polar surface area (TPSA) is 43.4 Å². The quantitative estimate of drug-likeness (QED) is 0.439. The van der Waals surface area contributed by atoms with Crippen LogP contribution in [-0.2, 0) is 26.2 Å². The van der Waals surface area contributed by atoms with Crippen molar-refractivity contribution < 1.29 is 14.3 Å². The summed E-state index contributed by atoms with van der Waals surface area (Å²) >= 11 is 0. The van der Waals surface area contributed by atoms with E-state index in [1.807, 2.05) is 24.3 Å². The molecule has 1 fully saturated rings. The lowest BCUT2D eigenvalue weighted by Crippen LogP contribution is -2.54. The number of fused-ring (bicyclic) bond motifs is 4. The second-order valence-electron chi connectivity index (χ2n) is 5.45. The molecule has 2 aliphatic rings. The molecule has 3 nitrogen and oxygen atoms in total. The molecule has 0 N–H and O–H groups in total. The second kappa shape index (κ2) is 4.05. The van der Waals surface area contributed by atoms with E-state index in [4.69, 9.17) is 4.74 Å². The zero-order chi connectivity index (χ0) is 13.6. The van der Waals surface area contributed by atoms with E-state index in [-0.39, 0.29) is 11.7 Å². The highest BCUT2D eigenvalue weighted by Crippen LogP contribution is 2.48. The zero-order valence-corrected chi connectivity index (χ0v) is 10.9. The van der Waals surface area contributed by atoms with Gasteiger partial charge in [-0.1, -0.05) is 36.4 Å². The van der Waals surface area contributed by atoms with Crippen LogP contribution in [0.1, 0.15) is 24.0 Å². The summed E-state index contributed by atoms with van der Waals surface area (Å²) in [4.78, 5) is 25.0. The molecule has 3 heteroatoms. The van der Waals surface area contributed by atoms with E-state index in [0.29, 0.717) is 19.3 Å². The van der Waals surface area contributed by atoms with E-state index < -0.39 is 11.4 Å². The average Bonchev–Trinajstić information content (AvgIpc) is 2.40. The maximum absolute atomic E-state index is 12.7. The molecule has 0 aromatic heterocycles. The Balaban J connectivity index is 2.27. The number of carbonyl (C=O) groups is 2. The second-order valence-corrected chi connectivity index (χ2v) is 5.45. The monoisotopic (exact) mass is 256 g/mol. The van der Waals surface area contributed by atoms with Crippen LogP contribution in [0, 0.1) is 5.92 Å². The largest absolute Gasteiger partial charge is 0.468 e. The minimum atomic E-state index is -1.15. The highest BCUT2D eigenvalue weighted by molar-refractivity contribution is 6.13. The van der Waals surface area contributed by atoms with Crippen molar-refractivity contribution in [1.82, 2.24) is 0 Å². The van der Waals surface area contributed by atoms with Gasteiger partial charge in [-0.2, -0.15) is 0 Å². The van der Waals surface area contributed by atoms with Gasteiger partial charge >= 0.3 is 5.97 Å². The Bertz CT molecular complexity index is 587. The van der Waals surface area contributed by atoms with Gasteiger partial charge in [-0.25, -0.2) is 0 Å². The van der Waals surface area contributed by atoms with E-state index in [9.17, 15) is 9.59 Å². The smallest absolute Gasteiger partial charge is 0.324 e. The number of allylic oxidation sites excluding steroid dienone is 1. The molecule has 0 heterocycles. The van der Waals surface area contributed by atoms with Crippen LogP contribution in [0.4, 0.5) is 0 Å². The third-order valence-electron chi connectivity index (χ3n) is 4.32. The predicted octanol–water partition coefficient (Wildman–Crippen LogP) is 2.19. The Morgan fingerprint density at radius 1 is 1.37 bits per heavy atom. The van der Waals surface area contributed by atoms with Crippen molar-refractivity contribution in [2.45, 2.75) is 24.7 Å². The van der Waals surface area contributed by atoms with E-state index >= 15 is 0 Å². The van der Waals surface area contributed by atoms with Crippen LogP contribution in [0.2, 0.25) is 0 Å². The summed E-state index contributed by atoms with van der Waals surface area (Å²) in [6.07, 6.45) is 1.77. The molecule has 98 valence electrons. The van der Waals surface area contributed by atoms with Gasteiger partial charge in [0.25, 0.3) is 0 Å². The fourth-order valence-corrected chi connectivity index (χ4v) is 3.55. The van der Waals surface area contributed by atoms with Crippen molar-refractivity contribution in [1.29, 1.82) is 0 Å². The molecule has 1 saturated carbocycles. The van der Waals surface area contributed by atoms with Crippen molar-refractivity contribution >= 4 is 11.8 Å². The lowest BCUT2D eigenvalue weighted by Gasteiger charge is -2.43. The van der Waals surface area contributed by atoms with Crippen molar-refractivity contribution in [3.8, 4) is 0 Å². The maximum atomic E-state index is 12.7. The van der Waals surface area contributed by atoms with Crippen molar-refractivity contribution in [2.75, 3.05) is 7.11 Å². The van der Waals surface area contributed by atoms with Crippen LogP contribution < -0.4 is 0 Å². The zero-order valence-electron chi connectivity index (χ0n) is 10.9. The highest BCUT2D eigenvalue weighted by Gasteiger charge is 2.56. The molecule has 0 saturated heterocycles. The van der Waals surface area contributed by atoms with Gasteiger partial charge < -0.3 is 4.74 Å². The van der Waals surface area contributed by atoms with E-state index in [1.54, 1.807) is 0 Å². The number of hydrogen-bond donors (Lipinski definition) is 0. The van der Waals surface area contributed by atoms with Gasteiger partial charge in [0.05, 0.1) is 7.11 Å². The van der Waals surface area contributed by atoms with Crippen molar-refractivity contribution in [2.24, 2.45) is 5.92 Å². The Morgan fingerprint density at radius 3 is 2.84 bits per heavy atom. The van der Waals surface area contributed by atoms with Crippen LogP contribution in [0.5, 0.6) is 0 Å². The van der Waals surface area contributed by atoms with Crippen LogP contribution >= 0.6 is 0 Å². The molecular weight excluding hydrogens is 240 g/mol. The first-order valence-electron chi connectivity index (χ1n) is 6.47. The molecule has 3 rings (SSSR count). The van der Waals surface area contributed by atoms with E-state index in [0.717, 1.165) is 16.7 Å². The van der Waals surface area contributed by atoms with Crippen LogP contribution in [-0.4, -0.2) is 18.9 Å². The molecular formula is C16H16O3. The lowest BCUT2D eigenvalue weighted by molar-refractivity contribution is -0.155. The number of ketones is 1. The Labute approximate surface area is 112 Å². The normalized spacial score (nSPS) is 28.8. The van der Waals surface area contributed by atoms with Crippen LogP contribution in [0.3, 0.4) is 0 Å². The number of methoxy groups -OCH3 is 1. The molecule has 0 unspecified atom stereocenters. The van der Waals surface area contributed by atoms with Gasteiger partial charge in [-0.15, -0.1) is 0 Å². The minimum Gasteiger partial charge on any atom is -0.468 e. The number of esters is 1. The summed E-state index contributed by atoms with van der Waals surface area (Å²) in [6, 6.07) is 7.69. The minimum absolute atomic E-state index is 0.00505. The summed E-state index contributed by atoms with van der Waals surface area (Å²) in [5.74, 6) is -0.573. The molecule has 1 aromatic carbocycles. The Morgan fingerprint density at radius 2 is 2.11 bits per heavy atom. The number of Topliss-reactive ketones (excluding diaryl/α,β-unsaturated/α-hetero) is 1. The van der Waals surface area contributed by atoms with Gasteiger partial charge in [0.15, 0.2) is 11.2 Å². The third kappa shape index (κ3) is 1.51. The molecule has 2 bridgehead atoms. The lowest BCUT2D eigenvalue weighted by atomic mass is 9.57. The van der Waals surface area contributed by atoms with E-state index in [1.165, 1.54) is 7.11 Å². The van der Waals surface area contributed by atoms with Crippen molar-refractivity contribution in [3.05, 3.63) is 47.5 Å². The number of carbonyl (C=O) groups excluding carboxylic acids is 2. The standard InChI is InChI=1S/C16H16O3/c1-10-7-12-8-11-5-3-4-6-13(11)16(9-10,14(12)17)15(18)19-2/h3-6,12H,1,7-9H2,2H3/t12-,16-/m0/s1. The molecule has 0 radical (unpaired) electrons. The highest BCUT2D eigenvalue weighted by atomic mass is 16.5. The fourth-order valence-electron chi connectivity index (χ4n) is 3.55. The Hall–Kier alpha value is -1.90. The van der Waals surface area contributed by atoms with Crippen LogP contribution in [0.25, 0.3) is 0 Å². The first kappa shape index (κ1) is 12.2. The van der Waals surface area contributed by atoms with Gasteiger partial charge in [-0.05, 0) is 30.4 Å². The molecule has 19 heavy (non-hydrogen) atoms. The van der Waals surface area contributed by atoms with Crippen LogP contribution in [0.15, 0.2) is 36.4 Å². The number of ether oxygens (including phenoxy) is 1. The number of benzene rings is 1. The summed E-state index contributed by atoms with van der Waals surface area (Å²) in [5, 5.41) is 0. The van der Waals surface area contributed by atoms with Gasteiger partial charge in [-0.3, -0.25) is 9.59 Å². The van der Waals surface area contributed by atoms with Crippen molar-refractivity contribution in [3.63, 3.8) is 0 Å². The third-order valence-corrected chi connectivity index (χ3v) is 4.32. The molecule has 1 aromatic rings. The SMILES string of the molecule is C=C1C[C@H]2Cc3ccccc3[C@@](C(=O)OC)(C1)C2=O. The number of rotatable bonds is 1. The summed E-state index contributed by atoms with van der Waals surface area (Å²) in [7, 11) is 1.34. The summed E-state index contributed by atoms with van der Waals surface area (Å²) < 4.78 is 4.94. The van der Waals surface area contributed by atoms with Gasteiger partial charge in [0.1, 0.15) is 0 Å². The molecule has 2 aliphatic carbocycles. The molecule has 0 amide bonds. The number of hydrogen-bond acceptors (Lipinski definition) is 3. The molecule has 2 atom stereocenters. The molecule has 0 aliphatic heterocycles. The Kier molecular flexibility index (Phi) is 2.59.